The van der Waals surface area contributed by atoms with E-state index in [1.807, 2.05) is 30.5 Å². The number of hydrogen-bond donors (Lipinski definition) is 2. The molecule has 0 bridgehead atoms. The lowest BCUT2D eigenvalue weighted by molar-refractivity contribution is -0.139. The van der Waals surface area contributed by atoms with Crippen LogP contribution >= 0.6 is 23.2 Å². The Morgan fingerprint density at radius 2 is 1.97 bits per heavy atom. The van der Waals surface area contributed by atoms with Gasteiger partial charge >= 0.3 is 11.8 Å². The first-order valence-corrected chi connectivity index (χ1v) is 9.77. The van der Waals surface area contributed by atoms with Gasteiger partial charge < -0.3 is 9.88 Å². The monoisotopic (exact) mass is 443 g/mol. The minimum Gasteiger partial charge on any atom is -0.344 e. The van der Waals surface area contributed by atoms with Crippen molar-refractivity contribution in [2.75, 3.05) is 0 Å². The zero-order valence-electron chi connectivity index (χ0n) is 16.3. The fourth-order valence-electron chi connectivity index (χ4n) is 2.93. The lowest BCUT2D eigenvalue weighted by Gasteiger charge is -2.11. The van der Waals surface area contributed by atoms with E-state index in [9.17, 15) is 9.59 Å². The molecule has 0 atom stereocenters. The van der Waals surface area contributed by atoms with Gasteiger partial charge in [-0.1, -0.05) is 29.3 Å². The standard InChI is InChI=1S/C21H19Cl2N5O2/c1-13-8-16(14(2)28(13)19-6-5-17(22)9-18(19)23)12-26-27-21(30)20(29)25-11-15-4-3-7-24-10-15/h3-10,12H,11H2,1-2H3,(H,25,29)(H,27,30)/b26-12-. The second kappa shape index (κ2) is 9.56. The van der Waals surface area contributed by atoms with E-state index in [0.717, 1.165) is 28.2 Å². The Balaban J connectivity index is 1.65. The molecule has 2 heterocycles. The molecular formula is C21H19Cl2N5O2. The van der Waals surface area contributed by atoms with Gasteiger partial charge in [-0.05, 0) is 49.7 Å². The molecular weight excluding hydrogens is 425 g/mol. The SMILES string of the molecule is Cc1cc(/C=N\NC(=O)C(=O)NCc2cccnc2)c(C)n1-c1ccc(Cl)cc1Cl. The number of amides is 2. The summed E-state index contributed by atoms with van der Waals surface area (Å²) in [5.74, 6) is -1.64. The molecule has 1 aromatic carbocycles. The number of benzene rings is 1. The number of aryl methyl sites for hydroxylation is 1. The van der Waals surface area contributed by atoms with E-state index in [1.54, 1.807) is 36.7 Å². The summed E-state index contributed by atoms with van der Waals surface area (Å²) in [7, 11) is 0. The second-order valence-corrected chi connectivity index (χ2v) is 7.34. The Morgan fingerprint density at radius 1 is 1.17 bits per heavy atom. The Morgan fingerprint density at radius 3 is 2.67 bits per heavy atom. The van der Waals surface area contributed by atoms with Crippen LogP contribution < -0.4 is 10.7 Å². The van der Waals surface area contributed by atoms with Crippen LogP contribution in [0, 0.1) is 13.8 Å². The average molecular weight is 444 g/mol. The van der Waals surface area contributed by atoms with Crippen LogP contribution in [-0.4, -0.2) is 27.6 Å². The lowest BCUT2D eigenvalue weighted by atomic mass is 10.2. The third-order valence-electron chi connectivity index (χ3n) is 4.37. The maximum absolute atomic E-state index is 11.9. The summed E-state index contributed by atoms with van der Waals surface area (Å²) in [6.45, 7) is 4.04. The fraction of sp³-hybridized carbons (Fsp3) is 0.143. The zero-order valence-corrected chi connectivity index (χ0v) is 17.8. The molecule has 2 amide bonds. The van der Waals surface area contributed by atoms with Crippen LogP contribution in [0.1, 0.15) is 22.5 Å². The first kappa shape index (κ1) is 21.5. The van der Waals surface area contributed by atoms with E-state index in [0.29, 0.717) is 10.0 Å². The number of halogens is 2. The molecule has 154 valence electrons. The smallest absolute Gasteiger partial charge is 0.329 e. The van der Waals surface area contributed by atoms with Crippen LogP contribution in [0.25, 0.3) is 5.69 Å². The molecule has 0 saturated heterocycles. The number of nitrogens with one attached hydrogen (secondary N) is 2. The number of aromatic nitrogens is 2. The predicted molar refractivity (Wildman–Crippen MR) is 117 cm³/mol. The molecule has 30 heavy (non-hydrogen) atoms. The summed E-state index contributed by atoms with van der Waals surface area (Å²) in [5, 5.41) is 7.48. The molecule has 0 aliphatic carbocycles. The van der Waals surface area contributed by atoms with Gasteiger partial charge in [-0.25, -0.2) is 5.43 Å². The summed E-state index contributed by atoms with van der Waals surface area (Å²) in [6.07, 6.45) is 4.72. The highest BCUT2D eigenvalue weighted by Gasteiger charge is 2.14. The highest BCUT2D eigenvalue weighted by atomic mass is 35.5. The van der Waals surface area contributed by atoms with Crippen molar-refractivity contribution in [2.45, 2.75) is 20.4 Å². The van der Waals surface area contributed by atoms with Crippen LogP contribution in [0.3, 0.4) is 0 Å². The molecule has 0 aliphatic rings. The number of hydrogen-bond acceptors (Lipinski definition) is 4. The topological polar surface area (TPSA) is 88.4 Å². The molecule has 0 saturated carbocycles. The zero-order chi connectivity index (χ0) is 21.7. The maximum atomic E-state index is 11.9. The number of pyridine rings is 1. The summed E-state index contributed by atoms with van der Waals surface area (Å²) >= 11 is 12.3. The number of carbonyl (C=O) groups is 2. The third-order valence-corrected chi connectivity index (χ3v) is 4.91. The van der Waals surface area contributed by atoms with Crippen molar-refractivity contribution in [2.24, 2.45) is 5.10 Å². The lowest BCUT2D eigenvalue weighted by Crippen LogP contribution is -2.37. The number of rotatable bonds is 5. The van der Waals surface area contributed by atoms with Gasteiger partial charge in [0.2, 0.25) is 0 Å². The minimum atomic E-state index is -0.857. The highest BCUT2D eigenvalue weighted by molar-refractivity contribution is 6.36. The molecule has 3 aromatic rings. The fourth-order valence-corrected chi connectivity index (χ4v) is 3.42. The van der Waals surface area contributed by atoms with Crippen molar-refractivity contribution < 1.29 is 9.59 Å². The van der Waals surface area contributed by atoms with E-state index in [-0.39, 0.29) is 6.54 Å². The number of hydrazone groups is 1. The normalized spacial score (nSPS) is 10.9. The van der Waals surface area contributed by atoms with Crippen molar-refractivity contribution in [3.05, 3.63) is 81.4 Å². The maximum Gasteiger partial charge on any atom is 0.329 e. The van der Waals surface area contributed by atoms with Crippen molar-refractivity contribution in [1.29, 1.82) is 0 Å². The van der Waals surface area contributed by atoms with E-state index >= 15 is 0 Å². The van der Waals surface area contributed by atoms with Crippen molar-refractivity contribution in [1.82, 2.24) is 20.3 Å². The van der Waals surface area contributed by atoms with Crippen molar-refractivity contribution in [3.63, 3.8) is 0 Å². The van der Waals surface area contributed by atoms with E-state index in [1.165, 1.54) is 6.21 Å². The van der Waals surface area contributed by atoms with Crippen LogP contribution in [0.5, 0.6) is 0 Å². The van der Waals surface area contributed by atoms with Gasteiger partial charge in [-0.15, -0.1) is 0 Å². The highest BCUT2D eigenvalue weighted by Crippen LogP contribution is 2.28. The molecule has 0 fully saturated rings. The van der Waals surface area contributed by atoms with Crippen LogP contribution in [0.2, 0.25) is 10.0 Å². The molecule has 9 heteroatoms. The molecule has 2 N–H and O–H groups in total. The van der Waals surface area contributed by atoms with Gasteiger partial charge in [-0.2, -0.15) is 5.10 Å². The summed E-state index contributed by atoms with van der Waals surface area (Å²) in [5.41, 5.74) is 6.38. The Kier molecular flexibility index (Phi) is 6.87. The van der Waals surface area contributed by atoms with Gasteiger partial charge in [0, 0.05) is 40.9 Å². The summed E-state index contributed by atoms with van der Waals surface area (Å²) in [4.78, 5) is 27.8. The number of carbonyl (C=O) groups excluding carboxylic acids is 2. The molecule has 3 rings (SSSR count). The first-order valence-electron chi connectivity index (χ1n) is 9.01. The largest absolute Gasteiger partial charge is 0.344 e. The molecule has 0 radical (unpaired) electrons. The first-order chi connectivity index (χ1) is 14.4. The quantitative estimate of drug-likeness (QED) is 0.358. The Labute approximate surface area is 183 Å². The van der Waals surface area contributed by atoms with Gasteiger partial charge in [0.25, 0.3) is 0 Å². The van der Waals surface area contributed by atoms with Crippen LogP contribution in [-0.2, 0) is 16.1 Å². The van der Waals surface area contributed by atoms with Crippen molar-refractivity contribution >= 4 is 41.2 Å². The number of nitrogens with zero attached hydrogens (tertiary/aromatic N) is 3. The third kappa shape index (κ3) is 5.06. The Hall–Kier alpha value is -3.16. The summed E-state index contributed by atoms with van der Waals surface area (Å²) in [6, 6.07) is 10.7. The Bertz CT molecular complexity index is 1110. The molecule has 2 aromatic heterocycles. The molecule has 0 spiro atoms. The van der Waals surface area contributed by atoms with Gasteiger partial charge in [-0.3, -0.25) is 14.6 Å². The molecule has 0 unspecified atom stereocenters. The van der Waals surface area contributed by atoms with E-state index in [2.05, 4.69) is 20.8 Å². The molecule has 7 nitrogen and oxygen atoms in total. The van der Waals surface area contributed by atoms with Gasteiger partial charge in [0.1, 0.15) is 0 Å². The second-order valence-electron chi connectivity index (χ2n) is 6.50. The van der Waals surface area contributed by atoms with Crippen LogP contribution in [0.15, 0.2) is 53.9 Å². The average Bonchev–Trinajstić information content (AvgIpc) is 3.00. The van der Waals surface area contributed by atoms with Gasteiger partial charge in [0.15, 0.2) is 0 Å². The van der Waals surface area contributed by atoms with Gasteiger partial charge in [0.05, 0.1) is 16.9 Å². The van der Waals surface area contributed by atoms with E-state index in [4.69, 9.17) is 23.2 Å². The summed E-state index contributed by atoms with van der Waals surface area (Å²) < 4.78 is 1.96. The minimum absolute atomic E-state index is 0.201. The predicted octanol–water partition coefficient (Wildman–Crippen LogP) is 3.56. The van der Waals surface area contributed by atoms with Crippen LogP contribution in [0.4, 0.5) is 0 Å². The molecule has 0 aliphatic heterocycles. The van der Waals surface area contributed by atoms with E-state index < -0.39 is 11.8 Å². The van der Waals surface area contributed by atoms with Crippen molar-refractivity contribution in [3.8, 4) is 5.69 Å².